The van der Waals surface area contributed by atoms with E-state index in [0.717, 1.165) is 22.4 Å². The van der Waals surface area contributed by atoms with Gasteiger partial charge in [0.1, 0.15) is 5.01 Å². The maximum absolute atomic E-state index is 4.31. The normalized spacial score (nSPS) is 12.0. The summed E-state index contributed by atoms with van der Waals surface area (Å²) in [7, 11) is 0. The Hall–Kier alpha value is -1.27. The van der Waals surface area contributed by atoms with Crippen molar-refractivity contribution in [1.29, 1.82) is 0 Å². The quantitative estimate of drug-likeness (QED) is 0.905. The van der Waals surface area contributed by atoms with Gasteiger partial charge in [0.05, 0.1) is 12.2 Å². The van der Waals surface area contributed by atoms with Crippen LogP contribution >= 0.6 is 11.3 Å². The van der Waals surface area contributed by atoms with Crippen LogP contribution in [-0.4, -0.2) is 25.5 Å². The molecule has 0 fully saturated rings. The highest BCUT2D eigenvalue weighted by molar-refractivity contribution is 7.13. The summed E-state index contributed by atoms with van der Waals surface area (Å²) in [5.74, 6) is 0. The lowest BCUT2D eigenvalue weighted by Crippen LogP contribution is -2.35. The van der Waals surface area contributed by atoms with Gasteiger partial charge in [0.25, 0.3) is 0 Å². The number of hydrogen-bond acceptors (Lipinski definition) is 5. The molecule has 0 radical (unpaired) electrons. The van der Waals surface area contributed by atoms with E-state index < -0.39 is 0 Å². The minimum absolute atomic E-state index is 0.0914. The van der Waals surface area contributed by atoms with Crippen LogP contribution in [0.3, 0.4) is 0 Å². The maximum Gasteiger partial charge on any atom is 0.232 e. The zero-order valence-corrected chi connectivity index (χ0v) is 11.4. The molecule has 0 spiro atoms. The third-order valence-electron chi connectivity index (χ3n) is 2.14. The molecule has 2 heterocycles. The number of nitrogens with one attached hydrogen (secondary N) is 1. The fourth-order valence-corrected chi connectivity index (χ4v) is 1.98. The average molecular weight is 251 g/mol. The van der Waals surface area contributed by atoms with Gasteiger partial charge in [-0.15, -0.1) is 10.2 Å². The summed E-state index contributed by atoms with van der Waals surface area (Å²) >= 11 is 1.56. The topological polar surface area (TPSA) is 55.6 Å². The number of aromatic nitrogens is 4. The molecule has 0 aliphatic carbocycles. The smallest absolute Gasteiger partial charge is 0.232 e. The van der Waals surface area contributed by atoms with E-state index in [9.17, 15) is 0 Å². The molecule has 1 N–H and O–H groups in total. The molecule has 0 saturated heterocycles. The van der Waals surface area contributed by atoms with Gasteiger partial charge in [-0.3, -0.25) is 0 Å². The molecule has 6 heteroatoms. The molecular formula is C11H17N5S. The highest BCUT2D eigenvalue weighted by atomic mass is 32.1. The van der Waals surface area contributed by atoms with Crippen molar-refractivity contribution in [2.75, 3.05) is 0 Å². The molecule has 0 aliphatic heterocycles. The first kappa shape index (κ1) is 12.2. The molecule has 2 aromatic rings. The molecule has 0 saturated carbocycles. The van der Waals surface area contributed by atoms with Gasteiger partial charge in [-0.1, -0.05) is 11.3 Å². The minimum Gasteiger partial charge on any atom is -0.306 e. The van der Waals surface area contributed by atoms with Crippen molar-refractivity contribution in [2.24, 2.45) is 0 Å². The van der Waals surface area contributed by atoms with E-state index >= 15 is 0 Å². The van der Waals surface area contributed by atoms with E-state index in [4.69, 9.17) is 0 Å². The Labute approximate surface area is 105 Å². The Morgan fingerprint density at radius 1 is 1.35 bits per heavy atom. The maximum atomic E-state index is 4.31. The van der Waals surface area contributed by atoms with Gasteiger partial charge in [0.2, 0.25) is 5.13 Å². The van der Waals surface area contributed by atoms with Crippen molar-refractivity contribution < 1.29 is 0 Å². The van der Waals surface area contributed by atoms with Crippen LogP contribution in [0.25, 0.3) is 5.13 Å². The highest BCUT2D eigenvalue weighted by Crippen LogP contribution is 2.15. The Kier molecular flexibility index (Phi) is 3.26. The third-order valence-corrected chi connectivity index (χ3v) is 3.06. The molecule has 0 unspecified atom stereocenters. The van der Waals surface area contributed by atoms with Gasteiger partial charge < -0.3 is 5.32 Å². The van der Waals surface area contributed by atoms with Crippen LogP contribution < -0.4 is 5.32 Å². The Morgan fingerprint density at radius 3 is 2.71 bits per heavy atom. The predicted molar refractivity (Wildman–Crippen MR) is 68.4 cm³/mol. The van der Waals surface area contributed by atoms with Crippen LogP contribution in [0.5, 0.6) is 0 Å². The lowest BCUT2D eigenvalue weighted by atomic mass is 10.1. The van der Waals surface area contributed by atoms with E-state index in [2.05, 4.69) is 41.4 Å². The summed E-state index contributed by atoms with van der Waals surface area (Å²) in [6.45, 7) is 9.09. The van der Waals surface area contributed by atoms with Gasteiger partial charge in [0, 0.05) is 11.7 Å². The summed E-state index contributed by atoms with van der Waals surface area (Å²) in [5, 5.41) is 17.8. The summed E-state index contributed by atoms with van der Waals surface area (Å²) in [6, 6.07) is 1.95. The van der Waals surface area contributed by atoms with E-state index in [1.165, 1.54) is 0 Å². The molecule has 2 rings (SSSR count). The standard InChI is InChI=1S/C11H17N5S/c1-8-5-6-16(15-8)10-14-13-9(17-10)7-12-11(2,3)4/h5-6,12H,7H2,1-4H3. The Morgan fingerprint density at radius 2 is 2.12 bits per heavy atom. The summed E-state index contributed by atoms with van der Waals surface area (Å²) in [4.78, 5) is 0. The summed E-state index contributed by atoms with van der Waals surface area (Å²) in [5.41, 5.74) is 1.07. The van der Waals surface area contributed by atoms with Gasteiger partial charge >= 0.3 is 0 Å². The molecule has 0 bridgehead atoms. The van der Waals surface area contributed by atoms with Gasteiger partial charge in [0.15, 0.2) is 0 Å². The van der Waals surface area contributed by atoms with E-state index in [0.29, 0.717) is 0 Å². The second-order valence-corrected chi connectivity index (χ2v) is 6.02. The number of rotatable bonds is 3. The molecule has 0 amide bonds. The van der Waals surface area contributed by atoms with Crippen LogP contribution in [0.15, 0.2) is 12.3 Å². The van der Waals surface area contributed by atoms with Crippen LogP contribution in [0.1, 0.15) is 31.5 Å². The monoisotopic (exact) mass is 251 g/mol. The first-order valence-corrected chi connectivity index (χ1v) is 6.36. The van der Waals surface area contributed by atoms with Crippen molar-refractivity contribution in [3.63, 3.8) is 0 Å². The van der Waals surface area contributed by atoms with E-state index in [-0.39, 0.29) is 5.54 Å². The first-order valence-electron chi connectivity index (χ1n) is 5.54. The van der Waals surface area contributed by atoms with Crippen LogP contribution in [0, 0.1) is 6.92 Å². The van der Waals surface area contributed by atoms with Crippen molar-refractivity contribution in [2.45, 2.75) is 39.8 Å². The molecular weight excluding hydrogens is 234 g/mol. The number of nitrogens with zero attached hydrogens (tertiary/aromatic N) is 4. The predicted octanol–water partition coefficient (Wildman–Crippen LogP) is 1.92. The number of aryl methyl sites for hydroxylation is 1. The molecule has 92 valence electrons. The zero-order chi connectivity index (χ0) is 12.5. The Balaban J connectivity index is 2.06. The second kappa shape index (κ2) is 4.54. The molecule has 0 aliphatic rings. The lowest BCUT2D eigenvalue weighted by Gasteiger charge is -2.19. The van der Waals surface area contributed by atoms with E-state index in [1.807, 2.05) is 19.2 Å². The average Bonchev–Trinajstić information content (AvgIpc) is 2.81. The SMILES string of the molecule is Cc1ccn(-c2nnc(CNC(C)(C)C)s2)n1. The minimum atomic E-state index is 0.0914. The largest absolute Gasteiger partial charge is 0.306 e. The van der Waals surface area contributed by atoms with Crippen molar-refractivity contribution in [1.82, 2.24) is 25.3 Å². The fourth-order valence-electron chi connectivity index (χ4n) is 1.27. The van der Waals surface area contributed by atoms with E-state index in [1.54, 1.807) is 16.0 Å². The van der Waals surface area contributed by atoms with Crippen molar-refractivity contribution in [3.8, 4) is 5.13 Å². The molecule has 5 nitrogen and oxygen atoms in total. The first-order chi connectivity index (χ1) is 7.94. The number of hydrogen-bond donors (Lipinski definition) is 1. The molecule has 0 aromatic carbocycles. The highest BCUT2D eigenvalue weighted by Gasteiger charge is 2.11. The fraction of sp³-hybridized carbons (Fsp3) is 0.545. The van der Waals surface area contributed by atoms with Gasteiger partial charge in [-0.2, -0.15) is 5.10 Å². The second-order valence-electron chi connectivity index (χ2n) is 4.98. The zero-order valence-electron chi connectivity index (χ0n) is 10.6. The van der Waals surface area contributed by atoms with Crippen molar-refractivity contribution >= 4 is 11.3 Å². The molecule has 17 heavy (non-hydrogen) atoms. The van der Waals surface area contributed by atoms with Crippen molar-refractivity contribution in [3.05, 3.63) is 23.0 Å². The lowest BCUT2D eigenvalue weighted by molar-refractivity contribution is 0.423. The van der Waals surface area contributed by atoms with Gasteiger partial charge in [-0.25, -0.2) is 4.68 Å². The summed E-state index contributed by atoms with van der Waals surface area (Å²) in [6.07, 6.45) is 1.90. The van der Waals surface area contributed by atoms with Crippen LogP contribution in [0.2, 0.25) is 0 Å². The van der Waals surface area contributed by atoms with Crippen LogP contribution in [-0.2, 0) is 6.54 Å². The third kappa shape index (κ3) is 3.34. The Bertz CT molecular complexity index is 494. The molecule has 2 aromatic heterocycles. The van der Waals surface area contributed by atoms with Gasteiger partial charge in [-0.05, 0) is 33.8 Å². The molecule has 0 atom stereocenters. The summed E-state index contributed by atoms with van der Waals surface area (Å²) < 4.78 is 1.76. The van der Waals surface area contributed by atoms with Crippen LogP contribution in [0.4, 0.5) is 0 Å².